The number of ether oxygens (including phenoxy) is 3. The van der Waals surface area contributed by atoms with Crippen LogP contribution in [0.4, 0.5) is 11.5 Å². The van der Waals surface area contributed by atoms with E-state index in [9.17, 15) is 4.79 Å². The Morgan fingerprint density at radius 2 is 2.00 bits per heavy atom. The van der Waals surface area contributed by atoms with Gasteiger partial charge in [-0.3, -0.25) is 0 Å². The zero-order valence-electron chi connectivity index (χ0n) is 12.5. The quantitative estimate of drug-likeness (QED) is 0.800. The van der Waals surface area contributed by atoms with Crippen LogP contribution in [0.15, 0.2) is 12.3 Å². The third kappa shape index (κ3) is 3.25. The maximum Gasteiger partial charge on any atom is 0.340 e. The smallest absolute Gasteiger partial charge is 0.340 e. The minimum atomic E-state index is -0.440. The molecule has 0 bridgehead atoms. The van der Waals surface area contributed by atoms with Crippen molar-refractivity contribution in [1.29, 1.82) is 0 Å². The SMILES string of the molecule is CCOC(=O)c1cc(N2CC(OC)C(OC)C2)ncc1N. The standard InChI is InChI=1S/C14H21N3O4/c1-4-21-14(18)9-5-13(16-6-10(9)15)17-7-11(19-2)12(8-17)20-3/h5-6,11-12H,4,7-8,15H2,1-3H3. The predicted molar refractivity (Wildman–Crippen MR) is 78.4 cm³/mol. The molecule has 2 atom stereocenters. The van der Waals surface area contributed by atoms with E-state index in [0.717, 1.165) is 0 Å². The fraction of sp³-hybridized carbons (Fsp3) is 0.571. The van der Waals surface area contributed by atoms with Crippen molar-refractivity contribution in [2.24, 2.45) is 0 Å². The molecule has 2 heterocycles. The van der Waals surface area contributed by atoms with Crippen molar-refractivity contribution in [2.45, 2.75) is 19.1 Å². The first-order chi connectivity index (χ1) is 10.1. The average molecular weight is 295 g/mol. The predicted octanol–water partition coefficient (Wildman–Crippen LogP) is 0.690. The van der Waals surface area contributed by atoms with Crippen LogP contribution in [-0.4, -0.2) is 57.1 Å². The Morgan fingerprint density at radius 1 is 1.38 bits per heavy atom. The first kappa shape index (κ1) is 15.5. The normalized spacial score (nSPS) is 21.6. The summed E-state index contributed by atoms with van der Waals surface area (Å²) in [7, 11) is 3.31. The first-order valence-electron chi connectivity index (χ1n) is 6.83. The van der Waals surface area contributed by atoms with E-state index in [0.29, 0.717) is 36.8 Å². The average Bonchev–Trinajstić information content (AvgIpc) is 2.91. The molecular weight excluding hydrogens is 274 g/mol. The molecule has 1 aromatic rings. The molecule has 0 spiro atoms. The summed E-state index contributed by atoms with van der Waals surface area (Å²) in [4.78, 5) is 18.2. The molecule has 1 aliphatic heterocycles. The van der Waals surface area contributed by atoms with Gasteiger partial charge in [-0.2, -0.15) is 0 Å². The Labute approximate surface area is 124 Å². The van der Waals surface area contributed by atoms with Gasteiger partial charge >= 0.3 is 5.97 Å². The van der Waals surface area contributed by atoms with Gasteiger partial charge in [-0.15, -0.1) is 0 Å². The lowest BCUT2D eigenvalue weighted by Crippen LogP contribution is -2.27. The van der Waals surface area contributed by atoms with E-state index in [4.69, 9.17) is 19.9 Å². The fourth-order valence-corrected chi connectivity index (χ4v) is 2.40. The Balaban J connectivity index is 2.21. The molecule has 1 aliphatic rings. The largest absolute Gasteiger partial charge is 0.462 e. The number of rotatable bonds is 5. The van der Waals surface area contributed by atoms with Gasteiger partial charge in [-0.05, 0) is 13.0 Å². The summed E-state index contributed by atoms with van der Waals surface area (Å²) in [6.45, 7) is 3.35. The molecule has 2 N–H and O–H groups in total. The number of hydrogen-bond donors (Lipinski definition) is 1. The molecule has 1 aromatic heterocycles. The third-order valence-electron chi connectivity index (χ3n) is 3.56. The van der Waals surface area contributed by atoms with Gasteiger partial charge in [0, 0.05) is 27.3 Å². The number of carbonyl (C=O) groups excluding carboxylic acids is 1. The second kappa shape index (κ2) is 6.73. The molecule has 1 fully saturated rings. The van der Waals surface area contributed by atoms with Crippen LogP contribution in [0.5, 0.6) is 0 Å². The third-order valence-corrected chi connectivity index (χ3v) is 3.56. The molecule has 0 radical (unpaired) electrons. The molecule has 1 saturated heterocycles. The van der Waals surface area contributed by atoms with Crippen LogP contribution in [0, 0.1) is 0 Å². The summed E-state index contributed by atoms with van der Waals surface area (Å²) in [5.74, 6) is 0.221. The number of aromatic nitrogens is 1. The molecule has 7 heteroatoms. The van der Waals surface area contributed by atoms with E-state index in [1.807, 2.05) is 4.90 Å². The minimum absolute atomic E-state index is 0.0274. The minimum Gasteiger partial charge on any atom is -0.462 e. The molecule has 0 aromatic carbocycles. The number of nitrogens with zero attached hydrogens (tertiary/aromatic N) is 2. The second-order valence-electron chi connectivity index (χ2n) is 4.80. The van der Waals surface area contributed by atoms with Crippen LogP contribution in [-0.2, 0) is 14.2 Å². The first-order valence-corrected chi connectivity index (χ1v) is 6.83. The Hall–Kier alpha value is -1.86. The highest BCUT2D eigenvalue weighted by atomic mass is 16.5. The van der Waals surface area contributed by atoms with Gasteiger partial charge in [0.05, 0.1) is 24.1 Å². The van der Waals surface area contributed by atoms with Gasteiger partial charge in [0.15, 0.2) is 0 Å². The van der Waals surface area contributed by atoms with E-state index in [1.54, 1.807) is 27.2 Å². The van der Waals surface area contributed by atoms with Crippen LogP contribution < -0.4 is 10.6 Å². The summed E-state index contributed by atoms with van der Waals surface area (Å²) in [6.07, 6.45) is 1.42. The van der Waals surface area contributed by atoms with Gasteiger partial charge in [-0.1, -0.05) is 0 Å². The van der Waals surface area contributed by atoms with Crippen LogP contribution >= 0.6 is 0 Å². The maximum atomic E-state index is 11.9. The highest BCUT2D eigenvalue weighted by Crippen LogP contribution is 2.24. The van der Waals surface area contributed by atoms with Crippen molar-refractivity contribution in [2.75, 3.05) is 44.5 Å². The van der Waals surface area contributed by atoms with E-state index in [2.05, 4.69) is 4.98 Å². The van der Waals surface area contributed by atoms with E-state index in [1.165, 1.54) is 6.20 Å². The summed E-state index contributed by atoms with van der Waals surface area (Å²) < 4.78 is 15.8. The lowest BCUT2D eigenvalue weighted by Gasteiger charge is -2.18. The van der Waals surface area contributed by atoms with Crippen LogP contribution in [0.25, 0.3) is 0 Å². The molecule has 21 heavy (non-hydrogen) atoms. The summed E-state index contributed by atoms with van der Waals surface area (Å²) >= 11 is 0. The Bertz CT molecular complexity index is 497. The Morgan fingerprint density at radius 3 is 2.52 bits per heavy atom. The Kier molecular flexibility index (Phi) is 4.98. The van der Waals surface area contributed by atoms with Crippen molar-refractivity contribution in [3.8, 4) is 0 Å². The van der Waals surface area contributed by atoms with Crippen LogP contribution in [0.1, 0.15) is 17.3 Å². The number of pyridine rings is 1. The van der Waals surface area contributed by atoms with Crippen molar-refractivity contribution in [3.05, 3.63) is 17.8 Å². The molecule has 0 saturated carbocycles. The van der Waals surface area contributed by atoms with Gasteiger partial charge in [0.25, 0.3) is 0 Å². The summed E-state index contributed by atoms with van der Waals surface area (Å²) in [6, 6.07) is 1.65. The maximum absolute atomic E-state index is 11.9. The van der Waals surface area contributed by atoms with Gasteiger partial charge in [-0.25, -0.2) is 9.78 Å². The fourth-order valence-electron chi connectivity index (χ4n) is 2.40. The number of anilines is 2. The monoisotopic (exact) mass is 295 g/mol. The number of carbonyl (C=O) groups is 1. The summed E-state index contributed by atoms with van der Waals surface area (Å²) in [5, 5.41) is 0. The van der Waals surface area contributed by atoms with E-state index < -0.39 is 5.97 Å². The molecular formula is C14H21N3O4. The van der Waals surface area contributed by atoms with Gasteiger partial charge in [0.2, 0.25) is 0 Å². The van der Waals surface area contributed by atoms with Crippen molar-refractivity contribution in [3.63, 3.8) is 0 Å². The zero-order chi connectivity index (χ0) is 15.4. The molecule has 0 amide bonds. The number of nitrogen functional groups attached to an aromatic ring is 1. The molecule has 2 rings (SSSR count). The summed E-state index contributed by atoms with van der Waals surface area (Å²) in [5.41, 5.74) is 6.43. The van der Waals surface area contributed by atoms with Gasteiger partial charge < -0.3 is 24.8 Å². The lowest BCUT2D eigenvalue weighted by molar-refractivity contribution is -0.00461. The van der Waals surface area contributed by atoms with E-state index in [-0.39, 0.29) is 12.2 Å². The van der Waals surface area contributed by atoms with Crippen LogP contribution in [0.3, 0.4) is 0 Å². The number of methoxy groups -OCH3 is 2. The number of nitrogens with two attached hydrogens (primary N) is 1. The molecule has 7 nitrogen and oxygen atoms in total. The molecule has 0 aliphatic carbocycles. The lowest BCUT2D eigenvalue weighted by atomic mass is 10.2. The number of hydrogen-bond acceptors (Lipinski definition) is 7. The van der Waals surface area contributed by atoms with Crippen molar-refractivity contribution < 1.29 is 19.0 Å². The van der Waals surface area contributed by atoms with Crippen molar-refractivity contribution >= 4 is 17.5 Å². The zero-order valence-corrected chi connectivity index (χ0v) is 12.5. The topological polar surface area (TPSA) is 86.9 Å². The second-order valence-corrected chi connectivity index (χ2v) is 4.80. The van der Waals surface area contributed by atoms with E-state index >= 15 is 0 Å². The molecule has 2 unspecified atom stereocenters. The number of esters is 1. The van der Waals surface area contributed by atoms with Crippen molar-refractivity contribution in [1.82, 2.24) is 4.98 Å². The van der Waals surface area contributed by atoms with Gasteiger partial charge in [0.1, 0.15) is 18.0 Å². The molecule has 116 valence electrons. The van der Waals surface area contributed by atoms with Crippen LogP contribution in [0.2, 0.25) is 0 Å². The highest BCUT2D eigenvalue weighted by molar-refractivity contribution is 5.95. The highest BCUT2D eigenvalue weighted by Gasteiger charge is 2.34.